The Bertz CT molecular complexity index is 224. The summed E-state index contributed by atoms with van der Waals surface area (Å²) in [6, 6.07) is 0. The summed E-state index contributed by atoms with van der Waals surface area (Å²) in [5, 5.41) is 9.90. The molecule has 0 radical (unpaired) electrons. The van der Waals surface area contributed by atoms with E-state index < -0.39 is 0 Å². The Kier molecular flexibility index (Phi) is 1.95. The van der Waals surface area contributed by atoms with Crippen LogP contribution >= 0.6 is 0 Å². The molecule has 5 nitrogen and oxygen atoms in total. The van der Waals surface area contributed by atoms with Crippen LogP contribution in [0.25, 0.3) is 0 Å². The molecule has 1 aliphatic rings. The molecule has 1 aliphatic heterocycles. The molecule has 12 heavy (non-hydrogen) atoms. The normalized spacial score (nSPS) is 19.9. The summed E-state index contributed by atoms with van der Waals surface area (Å²) in [5.41, 5.74) is 0. The SMILES string of the molecule is CN1CCN(n2ccnn2)CC1. The molecule has 1 aromatic rings. The van der Waals surface area contributed by atoms with E-state index in [9.17, 15) is 0 Å². The van der Waals surface area contributed by atoms with Crippen molar-refractivity contribution in [2.45, 2.75) is 0 Å². The van der Waals surface area contributed by atoms with Gasteiger partial charge in [0.05, 0.1) is 12.4 Å². The molecule has 66 valence electrons. The van der Waals surface area contributed by atoms with Gasteiger partial charge in [-0.25, -0.2) is 0 Å². The fourth-order valence-corrected chi connectivity index (χ4v) is 1.35. The fraction of sp³-hybridized carbons (Fsp3) is 0.714. The Morgan fingerprint density at radius 2 is 1.92 bits per heavy atom. The first-order chi connectivity index (χ1) is 5.86. The van der Waals surface area contributed by atoms with Gasteiger partial charge in [0.25, 0.3) is 0 Å². The van der Waals surface area contributed by atoms with Gasteiger partial charge in [-0.15, -0.1) is 5.10 Å². The van der Waals surface area contributed by atoms with Crippen LogP contribution < -0.4 is 5.01 Å². The molecular formula is C7H13N5. The van der Waals surface area contributed by atoms with Crippen molar-refractivity contribution in [2.75, 3.05) is 38.2 Å². The largest absolute Gasteiger partial charge is 0.303 e. The number of hydrogen-bond donors (Lipinski definition) is 0. The highest BCUT2D eigenvalue weighted by molar-refractivity contribution is 4.88. The second kappa shape index (κ2) is 3.10. The van der Waals surface area contributed by atoms with Crippen LogP contribution in [0, 0.1) is 0 Å². The zero-order valence-corrected chi connectivity index (χ0v) is 7.22. The maximum atomic E-state index is 3.94. The lowest BCUT2D eigenvalue weighted by atomic mass is 10.4. The van der Waals surface area contributed by atoms with Crippen molar-refractivity contribution >= 4 is 0 Å². The maximum absolute atomic E-state index is 3.94. The predicted molar refractivity (Wildman–Crippen MR) is 45.5 cm³/mol. The minimum atomic E-state index is 1.03. The molecule has 0 N–H and O–H groups in total. The van der Waals surface area contributed by atoms with Gasteiger partial charge in [0, 0.05) is 26.2 Å². The maximum Gasteiger partial charge on any atom is 0.0715 e. The fourth-order valence-electron chi connectivity index (χ4n) is 1.35. The summed E-state index contributed by atoms with van der Waals surface area (Å²) in [5.74, 6) is 0. The van der Waals surface area contributed by atoms with Crippen LogP contribution in [0.2, 0.25) is 0 Å². The lowest BCUT2D eigenvalue weighted by Gasteiger charge is -2.32. The average molecular weight is 167 g/mol. The summed E-state index contributed by atoms with van der Waals surface area (Å²) in [4.78, 5) is 4.13. The van der Waals surface area contributed by atoms with E-state index in [1.165, 1.54) is 0 Å². The zero-order valence-electron chi connectivity index (χ0n) is 7.22. The third kappa shape index (κ3) is 1.40. The Labute approximate surface area is 71.5 Å². The molecule has 0 unspecified atom stereocenters. The number of likely N-dealkylation sites (N-methyl/N-ethyl adjacent to an activating group) is 1. The van der Waals surface area contributed by atoms with Gasteiger partial charge in [-0.2, -0.15) is 4.79 Å². The summed E-state index contributed by atoms with van der Waals surface area (Å²) in [6.07, 6.45) is 3.59. The third-order valence-corrected chi connectivity index (χ3v) is 2.18. The van der Waals surface area contributed by atoms with Gasteiger partial charge in [-0.3, -0.25) is 5.01 Å². The molecule has 0 atom stereocenters. The quantitative estimate of drug-likeness (QED) is 0.546. The van der Waals surface area contributed by atoms with E-state index in [1.807, 2.05) is 11.0 Å². The van der Waals surface area contributed by atoms with Crippen LogP contribution in [-0.2, 0) is 0 Å². The standard InChI is InChI=1S/C7H13N5/c1-10-4-6-11(7-5-10)12-3-2-8-9-12/h2-3H,4-7H2,1H3. The van der Waals surface area contributed by atoms with Crippen LogP contribution in [0.15, 0.2) is 12.4 Å². The molecule has 2 rings (SSSR count). The minimum Gasteiger partial charge on any atom is -0.303 e. The van der Waals surface area contributed by atoms with E-state index >= 15 is 0 Å². The minimum absolute atomic E-state index is 1.03. The molecule has 0 amide bonds. The summed E-state index contributed by atoms with van der Waals surface area (Å²) in [7, 11) is 2.14. The number of nitrogens with zero attached hydrogens (tertiary/aromatic N) is 5. The smallest absolute Gasteiger partial charge is 0.0715 e. The zero-order chi connectivity index (χ0) is 8.39. The Morgan fingerprint density at radius 1 is 1.17 bits per heavy atom. The highest BCUT2D eigenvalue weighted by atomic mass is 15.7. The monoisotopic (exact) mass is 167 g/mol. The second-order valence-electron chi connectivity index (χ2n) is 3.08. The number of rotatable bonds is 1. The van der Waals surface area contributed by atoms with Gasteiger partial charge in [-0.05, 0) is 12.3 Å². The molecule has 1 aromatic heterocycles. The lowest BCUT2D eigenvalue weighted by Crippen LogP contribution is -2.50. The first-order valence-corrected chi connectivity index (χ1v) is 4.16. The van der Waals surface area contributed by atoms with Gasteiger partial charge >= 0.3 is 0 Å². The van der Waals surface area contributed by atoms with Crippen molar-refractivity contribution < 1.29 is 0 Å². The van der Waals surface area contributed by atoms with E-state index in [0.29, 0.717) is 0 Å². The van der Waals surface area contributed by atoms with Crippen molar-refractivity contribution in [1.29, 1.82) is 0 Å². The van der Waals surface area contributed by atoms with E-state index in [4.69, 9.17) is 0 Å². The molecule has 0 saturated carbocycles. The van der Waals surface area contributed by atoms with E-state index in [1.54, 1.807) is 6.20 Å². The summed E-state index contributed by atoms with van der Waals surface area (Å²) in [6.45, 7) is 4.25. The predicted octanol–water partition coefficient (Wildman–Crippen LogP) is -0.839. The number of aromatic nitrogens is 3. The van der Waals surface area contributed by atoms with Crippen molar-refractivity contribution in [3.63, 3.8) is 0 Å². The third-order valence-electron chi connectivity index (χ3n) is 2.18. The molecule has 1 fully saturated rings. The molecule has 0 aliphatic carbocycles. The molecule has 2 heterocycles. The van der Waals surface area contributed by atoms with Gasteiger partial charge in [-0.1, -0.05) is 0 Å². The number of piperazine rings is 1. The lowest BCUT2D eigenvalue weighted by molar-refractivity contribution is 0.279. The van der Waals surface area contributed by atoms with E-state index in [0.717, 1.165) is 26.2 Å². The van der Waals surface area contributed by atoms with Crippen molar-refractivity contribution in [3.05, 3.63) is 12.4 Å². The first kappa shape index (κ1) is 7.54. The topological polar surface area (TPSA) is 37.2 Å². The molecule has 1 saturated heterocycles. The van der Waals surface area contributed by atoms with Crippen molar-refractivity contribution in [2.24, 2.45) is 0 Å². The molecule has 0 spiro atoms. The van der Waals surface area contributed by atoms with Crippen LogP contribution in [0.5, 0.6) is 0 Å². The van der Waals surface area contributed by atoms with E-state index in [-0.39, 0.29) is 0 Å². The summed E-state index contributed by atoms with van der Waals surface area (Å²) < 4.78 is 0. The highest BCUT2D eigenvalue weighted by Gasteiger charge is 2.13. The van der Waals surface area contributed by atoms with Gasteiger partial charge in [0.1, 0.15) is 0 Å². The molecule has 5 heteroatoms. The van der Waals surface area contributed by atoms with E-state index in [2.05, 4.69) is 27.3 Å². The Morgan fingerprint density at radius 3 is 2.50 bits per heavy atom. The number of hydrogen-bond acceptors (Lipinski definition) is 4. The summed E-state index contributed by atoms with van der Waals surface area (Å²) >= 11 is 0. The van der Waals surface area contributed by atoms with Gasteiger partial charge < -0.3 is 4.90 Å². The molecular weight excluding hydrogens is 154 g/mol. The Hall–Kier alpha value is -1.10. The second-order valence-corrected chi connectivity index (χ2v) is 3.08. The van der Waals surface area contributed by atoms with Crippen LogP contribution in [0.3, 0.4) is 0 Å². The van der Waals surface area contributed by atoms with Crippen molar-refractivity contribution in [1.82, 2.24) is 20.0 Å². The van der Waals surface area contributed by atoms with Gasteiger partial charge in [0.15, 0.2) is 0 Å². The molecule has 0 bridgehead atoms. The molecule has 0 aromatic carbocycles. The Balaban J connectivity index is 1.99. The van der Waals surface area contributed by atoms with Crippen LogP contribution in [0.4, 0.5) is 0 Å². The average Bonchev–Trinajstić information content (AvgIpc) is 2.58. The first-order valence-electron chi connectivity index (χ1n) is 4.16. The van der Waals surface area contributed by atoms with Gasteiger partial charge in [0.2, 0.25) is 0 Å². The van der Waals surface area contributed by atoms with Crippen molar-refractivity contribution in [3.8, 4) is 0 Å². The van der Waals surface area contributed by atoms with Crippen LogP contribution in [-0.4, -0.2) is 53.2 Å². The highest BCUT2D eigenvalue weighted by Crippen LogP contribution is 1.96. The van der Waals surface area contributed by atoms with Crippen LogP contribution in [0.1, 0.15) is 0 Å².